The zero-order valence-electron chi connectivity index (χ0n) is 17.7. The Kier molecular flexibility index (Phi) is 5.13. The molecular formula is C23H25N7O. The number of hydrogen-bond donors (Lipinski definition) is 2. The number of benzene rings is 1. The fourth-order valence-electron chi connectivity index (χ4n) is 3.93. The first kappa shape index (κ1) is 19.3. The molecule has 0 aliphatic carbocycles. The van der Waals surface area contributed by atoms with Crippen LogP contribution < -0.4 is 20.3 Å². The predicted molar refractivity (Wildman–Crippen MR) is 122 cm³/mol. The summed E-state index contributed by atoms with van der Waals surface area (Å²) >= 11 is 0. The summed E-state index contributed by atoms with van der Waals surface area (Å²) in [6.07, 6.45) is 5.62. The summed E-state index contributed by atoms with van der Waals surface area (Å²) < 4.78 is 7.43. The lowest BCUT2D eigenvalue weighted by molar-refractivity contribution is 0.416. The number of pyridine rings is 1. The highest BCUT2D eigenvalue weighted by Gasteiger charge is 2.16. The maximum Gasteiger partial charge on any atom is 0.227 e. The van der Waals surface area contributed by atoms with Crippen molar-refractivity contribution in [3.05, 3.63) is 60.6 Å². The van der Waals surface area contributed by atoms with Crippen LogP contribution in [0.15, 0.2) is 55.0 Å². The molecule has 8 heteroatoms. The van der Waals surface area contributed by atoms with Crippen molar-refractivity contribution in [2.24, 2.45) is 0 Å². The van der Waals surface area contributed by atoms with E-state index in [2.05, 4.69) is 37.7 Å². The summed E-state index contributed by atoms with van der Waals surface area (Å²) in [4.78, 5) is 11.7. The van der Waals surface area contributed by atoms with Crippen LogP contribution in [0.5, 0.6) is 5.75 Å². The smallest absolute Gasteiger partial charge is 0.227 e. The van der Waals surface area contributed by atoms with E-state index in [4.69, 9.17) is 9.72 Å². The molecular weight excluding hydrogens is 390 g/mol. The zero-order valence-corrected chi connectivity index (χ0v) is 17.7. The number of hydrogen-bond acceptors (Lipinski definition) is 7. The Balaban J connectivity index is 1.50. The maximum atomic E-state index is 5.58. The molecule has 0 saturated carbocycles. The lowest BCUT2D eigenvalue weighted by Crippen LogP contribution is -2.43. The third kappa shape index (κ3) is 3.77. The van der Waals surface area contributed by atoms with Crippen LogP contribution in [0.1, 0.15) is 5.56 Å². The van der Waals surface area contributed by atoms with E-state index in [1.807, 2.05) is 54.3 Å². The second-order valence-electron chi connectivity index (χ2n) is 7.56. The van der Waals surface area contributed by atoms with Crippen LogP contribution in [0.2, 0.25) is 0 Å². The van der Waals surface area contributed by atoms with Crippen LogP contribution >= 0.6 is 0 Å². The van der Waals surface area contributed by atoms with Gasteiger partial charge in [-0.1, -0.05) is 6.07 Å². The van der Waals surface area contributed by atoms with Gasteiger partial charge in [0.05, 0.1) is 30.2 Å². The third-order valence-electron chi connectivity index (χ3n) is 5.56. The Labute approximate surface area is 180 Å². The quantitative estimate of drug-likeness (QED) is 0.518. The average Bonchev–Trinajstić information content (AvgIpc) is 3.25. The molecule has 1 fully saturated rings. The minimum atomic E-state index is 0.520. The van der Waals surface area contributed by atoms with Crippen molar-refractivity contribution in [2.75, 3.05) is 43.5 Å². The third-order valence-corrected chi connectivity index (χ3v) is 5.56. The lowest BCUT2D eigenvalue weighted by atomic mass is 10.1. The first-order chi connectivity index (χ1) is 15.2. The van der Waals surface area contributed by atoms with Crippen molar-refractivity contribution in [1.29, 1.82) is 0 Å². The van der Waals surface area contributed by atoms with Crippen LogP contribution in [0.3, 0.4) is 0 Å². The molecule has 0 radical (unpaired) electrons. The molecule has 1 saturated heterocycles. The minimum absolute atomic E-state index is 0.520. The standard InChI is InChI=1S/C23H25N7O/c1-16-14-25-23(28-22(16)18-15-26-30-10-4-3-5-20(18)30)27-19-13-17(6-7-21(19)31-2)29-11-8-24-9-12-29/h3-7,10,13-15,24H,8-9,11-12H2,1-2H3,(H,25,27,28). The molecule has 31 heavy (non-hydrogen) atoms. The molecule has 0 amide bonds. The van der Waals surface area contributed by atoms with Crippen LogP contribution in [0.4, 0.5) is 17.3 Å². The Morgan fingerprint density at radius 3 is 2.81 bits per heavy atom. The molecule has 3 aromatic heterocycles. The summed E-state index contributed by atoms with van der Waals surface area (Å²) in [6.45, 7) is 5.94. The number of nitrogens with zero attached hydrogens (tertiary/aromatic N) is 5. The number of ether oxygens (including phenoxy) is 1. The Morgan fingerprint density at radius 2 is 1.97 bits per heavy atom. The number of methoxy groups -OCH3 is 1. The number of aromatic nitrogens is 4. The van der Waals surface area contributed by atoms with Crippen LogP contribution in [0.25, 0.3) is 16.8 Å². The van der Waals surface area contributed by atoms with Crippen molar-refractivity contribution in [2.45, 2.75) is 6.92 Å². The second-order valence-corrected chi connectivity index (χ2v) is 7.56. The van der Waals surface area contributed by atoms with Crippen LogP contribution in [-0.4, -0.2) is 52.9 Å². The fraction of sp³-hybridized carbons (Fsp3) is 0.261. The van der Waals surface area contributed by atoms with E-state index in [0.29, 0.717) is 5.95 Å². The topological polar surface area (TPSA) is 79.6 Å². The van der Waals surface area contributed by atoms with E-state index >= 15 is 0 Å². The van der Waals surface area contributed by atoms with Crippen molar-refractivity contribution < 1.29 is 4.74 Å². The fourth-order valence-corrected chi connectivity index (χ4v) is 3.93. The SMILES string of the molecule is COc1ccc(N2CCNCC2)cc1Nc1ncc(C)c(-c2cnn3ccccc23)n1. The molecule has 0 unspecified atom stereocenters. The summed E-state index contributed by atoms with van der Waals surface area (Å²) in [6, 6.07) is 12.2. The molecule has 2 N–H and O–H groups in total. The highest BCUT2D eigenvalue weighted by molar-refractivity contribution is 5.80. The molecule has 0 bridgehead atoms. The molecule has 158 valence electrons. The molecule has 8 nitrogen and oxygen atoms in total. The summed E-state index contributed by atoms with van der Waals surface area (Å²) in [5, 5.41) is 11.2. The Morgan fingerprint density at radius 1 is 1.10 bits per heavy atom. The molecule has 0 atom stereocenters. The first-order valence-corrected chi connectivity index (χ1v) is 10.4. The highest BCUT2D eigenvalue weighted by Crippen LogP contribution is 2.33. The van der Waals surface area contributed by atoms with Crippen LogP contribution in [-0.2, 0) is 0 Å². The molecule has 4 aromatic rings. The van der Waals surface area contributed by atoms with E-state index in [9.17, 15) is 0 Å². The van der Waals surface area contributed by atoms with Gasteiger partial charge < -0.3 is 20.3 Å². The maximum absolute atomic E-state index is 5.58. The largest absolute Gasteiger partial charge is 0.495 e. The molecule has 5 rings (SSSR count). The van der Waals surface area contributed by atoms with Gasteiger partial charge in [-0.15, -0.1) is 0 Å². The molecule has 1 aliphatic heterocycles. The Hall–Kier alpha value is -3.65. The van der Waals surface area contributed by atoms with E-state index in [1.165, 1.54) is 0 Å². The number of rotatable bonds is 5. The van der Waals surface area contributed by atoms with Gasteiger partial charge in [0.2, 0.25) is 5.95 Å². The normalized spacial score (nSPS) is 14.1. The van der Waals surface area contributed by atoms with Crippen molar-refractivity contribution in [3.8, 4) is 17.0 Å². The van der Waals surface area contributed by atoms with Crippen molar-refractivity contribution >= 4 is 22.8 Å². The van der Waals surface area contributed by atoms with Crippen molar-refractivity contribution in [1.82, 2.24) is 24.9 Å². The molecule has 1 aliphatic rings. The number of fused-ring (bicyclic) bond motifs is 1. The molecule has 1 aromatic carbocycles. The lowest BCUT2D eigenvalue weighted by Gasteiger charge is -2.30. The van der Waals surface area contributed by atoms with Gasteiger partial charge in [0.25, 0.3) is 0 Å². The summed E-state index contributed by atoms with van der Waals surface area (Å²) in [5.41, 5.74) is 5.83. The van der Waals surface area contributed by atoms with Gasteiger partial charge in [0.15, 0.2) is 0 Å². The number of nitrogens with one attached hydrogen (secondary N) is 2. The van der Waals surface area contributed by atoms with Crippen LogP contribution in [0, 0.1) is 6.92 Å². The van der Waals surface area contributed by atoms with Gasteiger partial charge in [-0.25, -0.2) is 14.5 Å². The zero-order chi connectivity index (χ0) is 21.2. The predicted octanol–water partition coefficient (Wildman–Crippen LogP) is 3.26. The number of anilines is 3. The van der Waals surface area contributed by atoms with E-state index in [-0.39, 0.29) is 0 Å². The second kappa shape index (κ2) is 8.23. The monoisotopic (exact) mass is 415 g/mol. The highest BCUT2D eigenvalue weighted by atomic mass is 16.5. The van der Waals surface area contributed by atoms with Gasteiger partial charge in [-0.05, 0) is 42.8 Å². The summed E-state index contributed by atoms with van der Waals surface area (Å²) in [5.74, 6) is 1.27. The van der Waals surface area contributed by atoms with Gasteiger partial charge in [-0.2, -0.15) is 5.10 Å². The van der Waals surface area contributed by atoms with Gasteiger partial charge in [0, 0.05) is 49.8 Å². The van der Waals surface area contributed by atoms with Gasteiger partial charge >= 0.3 is 0 Å². The minimum Gasteiger partial charge on any atom is -0.495 e. The van der Waals surface area contributed by atoms with Gasteiger partial charge in [0.1, 0.15) is 5.75 Å². The van der Waals surface area contributed by atoms with Crippen molar-refractivity contribution in [3.63, 3.8) is 0 Å². The summed E-state index contributed by atoms with van der Waals surface area (Å²) in [7, 11) is 1.67. The molecule has 4 heterocycles. The Bertz CT molecular complexity index is 1210. The number of piperazine rings is 1. The van der Waals surface area contributed by atoms with E-state index < -0.39 is 0 Å². The first-order valence-electron chi connectivity index (χ1n) is 10.4. The van der Waals surface area contributed by atoms with E-state index in [1.54, 1.807) is 7.11 Å². The van der Waals surface area contributed by atoms with Gasteiger partial charge in [-0.3, -0.25) is 0 Å². The average molecular weight is 416 g/mol. The number of aryl methyl sites for hydroxylation is 1. The molecule has 0 spiro atoms. The van der Waals surface area contributed by atoms with E-state index in [0.717, 1.165) is 65.6 Å².